The van der Waals surface area contributed by atoms with Crippen LogP contribution in [0, 0.1) is 17.4 Å². The lowest BCUT2D eigenvalue weighted by molar-refractivity contribution is -0.334. The van der Waals surface area contributed by atoms with Gasteiger partial charge in [0.15, 0.2) is 36.7 Å². The fraction of sp³-hybridized carbons (Fsp3) is 0.386. The van der Waals surface area contributed by atoms with Gasteiger partial charge in [0.2, 0.25) is 59.3 Å². The molecule has 7 aliphatic heterocycles. The number of nitrogens with zero attached hydrogens (tertiary/aromatic N) is 3. The van der Waals surface area contributed by atoms with Crippen LogP contribution in [0.5, 0.6) is 46.0 Å². The number of likely N-dealkylation sites (N-methyl/N-ethyl adjacent to an activating group) is 1. The first-order valence-electron chi connectivity index (χ1n) is 39.8. The highest BCUT2D eigenvalue weighted by atomic mass is 35.5. The van der Waals surface area contributed by atoms with E-state index >= 15 is 24.0 Å². The number of carbonyl (C=O) groups excluding carboxylic acids is 10. The number of hydrogen-bond donors (Lipinski definition) is 21. The van der Waals surface area contributed by atoms with Crippen molar-refractivity contribution in [3.63, 3.8) is 0 Å². The summed E-state index contributed by atoms with van der Waals surface area (Å²) < 4.78 is 40.6. The quantitative estimate of drug-likeness (QED) is 0.0242. The summed E-state index contributed by atoms with van der Waals surface area (Å²) in [5.41, 5.74) is 2.85. The molecule has 7 aromatic rings. The van der Waals surface area contributed by atoms with E-state index in [0.717, 1.165) is 72.8 Å². The van der Waals surface area contributed by atoms with Gasteiger partial charge in [-0.05, 0) is 139 Å². The number of amides is 10. The van der Waals surface area contributed by atoms with E-state index in [2.05, 4.69) is 52.8 Å². The highest BCUT2D eigenvalue weighted by molar-refractivity contribution is 6.42. The fourth-order valence-electron chi connectivity index (χ4n) is 15.1. The molecule has 0 radical (unpaired) electrons. The summed E-state index contributed by atoms with van der Waals surface area (Å²) in [5.74, 6) is -18.1. The molecule has 22 N–H and O–H groups in total. The molecule has 686 valence electrons. The lowest BCUT2D eigenvalue weighted by Crippen LogP contribution is -2.65. The average molecular weight is 1870 g/mol. The SMILES string of the molecule is CN[C@H](CC(C)C)C(=O)N[C@H]1C(=O)N[C@@H](CC(N)=O)C(=O)N[C@H]2C(=O)N[C@H]3C(=O)N[C@H](C(=O)N[C@@H](C(=O)NOCC(=O)NC#N)c4cc(O)cc(O)c4-c4cc3ccc4O)[C@H](O)c3ccc(c(Cl)c3)Oc3cc2cc(c3O[C@@H]2O[C@H](CO)[C@@H](O)[C@H](O)[C@H]2O[C@H]2C[C@](C)(NCCn3ccc(NC(=O)Cc4ccc(Cl)c(Cl)c4)nc3=O)[C@H](O)[C@H](C)O2)Oc2ccc(cc2Cl)[C@H]1O. The topological polar surface area (TPSA) is 634 Å². The van der Waals surface area contributed by atoms with Gasteiger partial charge in [-0.1, -0.05) is 84.5 Å². The van der Waals surface area contributed by atoms with Crippen LogP contribution < -0.4 is 84.3 Å². The lowest BCUT2D eigenvalue weighted by atomic mass is 9.85. The molecule has 7 aliphatic rings. The molecule has 10 amide bonds. The number of nitriles is 1. The predicted molar refractivity (Wildman–Crippen MR) is 451 cm³/mol. The maximum Gasteiger partial charge on any atom is 0.349 e. The number of aliphatic hydroxyl groups excluding tert-OH is 6. The van der Waals surface area contributed by atoms with E-state index in [-0.39, 0.29) is 65.3 Å². The van der Waals surface area contributed by atoms with E-state index in [1.54, 1.807) is 32.2 Å². The first-order valence-corrected chi connectivity index (χ1v) is 41.3. The number of halogens is 4. The summed E-state index contributed by atoms with van der Waals surface area (Å²) in [7, 11) is 1.45. The van der Waals surface area contributed by atoms with Gasteiger partial charge in [0.05, 0.1) is 57.8 Å². The standard InChI is InChI=1S/C83H89Cl4N15O27/c1-33(2)18-47(90-5)74(115)99-65-67(110)37-8-12-51(45(86)22-37)125-53-24-39-25-54(71(53)129-81-72(70(113)69(112)55(30-103)127-81)128-60-29-83(4,73(114)34(3)124-60)92-15-17-102-16-14-57(95-82(102)122)94-58(108)20-35-6-10-43(84)44(85)19-35)126-52-13-9-38(23-46(52)87)68(111)66-79(120)98-64(80(121)101-123-31-59(109)91-32-88)42-26-40(104)27-50(106)61(42)41-21-36(7-11-49(41)105)62(76(117)100-66)97-77(118)63(39)96-75(116)48(28-56(89)107)93-78(65)119/h6-14,16,19,21-27,33-34,47-48,55,60,62-70,72-73,81,90,92,103-106,110-114H,15,17-18,20,28-31H2,1-5H3,(H2,89,107)(H,91,109)(H,93,119)(H,96,116)(H,97,118)(H,98,120)(H,99,115)(H,100,117)(H,101,121)(H,94,95,108,122)/t34-,47+,48-,55+,60-,62+,63+,64+,65+,66-,67+,68+,69+,70-,72+,73+,81-,83-/m0/s1. The van der Waals surface area contributed by atoms with Crippen LogP contribution in [-0.2, 0) is 80.0 Å². The third kappa shape index (κ3) is 22.2. The minimum Gasteiger partial charge on any atom is -0.508 e. The number of nitrogens with one attached hydrogen (secondary N) is 11. The van der Waals surface area contributed by atoms with Crippen molar-refractivity contribution in [2.45, 2.75) is 169 Å². The molecule has 129 heavy (non-hydrogen) atoms. The largest absolute Gasteiger partial charge is 0.508 e. The van der Waals surface area contributed by atoms with E-state index in [9.17, 15) is 74.7 Å². The average Bonchev–Trinajstić information content (AvgIpc) is 0.765. The number of fused-ring (bicyclic) bond motifs is 15. The fourth-order valence-corrected chi connectivity index (χ4v) is 15.9. The molecule has 0 saturated carbocycles. The highest BCUT2D eigenvalue weighted by Crippen LogP contribution is 2.50. The molecular weight excluding hydrogens is 1780 g/mol. The molecule has 1 aromatic heterocycles. The summed E-state index contributed by atoms with van der Waals surface area (Å²) in [6.45, 7) is 4.46. The molecule has 42 nitrogen and oxygen atoms in total. The van der Waals surface area contributed by atoms with Crippen LogP contribution in [0.25, 0.3) is 11.1 Å². The second-order valence-electron chi connectivity index (χ2n) is 31.4. The van der Waals surface area contributed by atoms with Gasteiger partial charge >= 0.3 is 5.69 Å². The molecule has 2 fully saturated rings. The Balaban J connectivity index is 0.998. The number of aromatic hydroxyl groups is 3. The molecule has 14 rings (SSSR count). The van der Waals surface area contributed by atoms with Crippen molar-refractivity contribution in [1.82, 2.24) is 62.9 Å². The Morgan fingerprint density at radius 2 is 1.37 bits per heavy atom. The third-order valence-corrected chi connectivity index (χ3v) is 23.0. The van der Waals surface area contributed by atoms with Crippen molar-refractivity contribution >= 4 is 111 Å². The molecule has 6 aromatic carbocycles. The second kappa shape index (κ2) is 41.1. The molecule has 0 spiro atoms. The summed E-state index contributed by atoms with van der Waals surface area (Å²) in [6, 6.07) is 4.54. The zero-order valence-electron chi connectivity index (χ0n) is 68.7. The minimum absolute atomic E-state index is 0.0546. The number of anilines is 1. The van der Waals surface area contributed by atoms with E-state index < -0.39 is 277 Å². The Labute approximate surface area is 752 Å². The molecule has 11 bridgehead atoms. The van der Waals surface area contributed by atoms with Gasteiger partial charge in [0.1, 0.15) is 101 Å². The number of benzene rings is 6. The van der Waals surface area contributed by atoms with Crippen molar-refractivity contribution in [2.24, 2.45) is 11.7 Å². The molecule has 18 atom stereocenters. The number of primary amides is 1. The molecule has 0 aliphatic carbocycles. The van der Waals surface area contributed by atoms with Crippen molar-refractivity contribution in [3.8, 4) is 63.3 Å². The molecule has 8 heterocycles. The number of phenols is 3. The normalized spacial score (nSPS) is 25.4. The Morgan fingerprint density at radius 1 is 0.713 bits per heavy atom. The summed E-state index contributed by atoms with van der Waals surface area (Å²) >= 11 is 26.5. The van der Waals surface area contributed by atoms with Gasteiger partial charge in [0.25, 0.3) is 11.8 Å². The van der Waals surface area contributed by atoms with Crippen LogP contribution in [0.2, 0.25) is 20.1 Å². The maximum absolute atomic E-state index is 16.4. The maximum atomic E-state index is 16.4. The van der Waals surface area contributed by atoms with Crippen molar-refractivity contribution in [1.29, 1.82) is 5.26 Å². The smallest absolute Gasteiger partial charge is 0.349 e. The van der Waals surface area contributed by atoms with Crippen molar-refractivity contribution in [2.75, 3.05) is 32.1 Å². The van der Waals surface area contributed by atoms with E-state index in [1.807, 2.05) is 5.48 Å². The van der Waals surface area contributed by atoms with Crippen molar-refractivity contribution in [3.05, 3.63) is 173 Å². The van der Waals surface area contributed by atoms with Crippen LogP contribution in [0.1, 0.15) is 111 Å². The summed E-state index contributed by atoms with van der Waals surface area (Å²) in [4.78, 5) is 168. The first-order chi connectivity index (χ1) is 61.2. The van der Waals surface area contributed by atoms with Crippen LogP contribution in [0.4, 0.5) is 5.82 Å². The van der Waals surface area contributed by atoms with Gasteiger partial charge < -0.3 is 128 Å². The molecule has 46 heteroatoms. The van der Waals surface area contributed by atoms with Gasteiger partial charge in [-0.3, -0.25) is 62.7 Å². The first kappa shape index (κ1) is 96.0. The Kier molecular flexibility index (Phi) is 30.6. The monoisotopic (exact) mass is 1870 g/mol. The van der Waals surface area contributed by atoms with Gasteiger partial charge in [-0.2, -0.15) is 10.2 Å². The molecular formula is C83H89Cl4N15O27. The molecule has 0 unspecified atom stereocenters. The number of ether oxygens (including phenoxy) is 6. The van der Waals surface area contributed by atoms with Gasteiger partial charge in [-0.25, -0.2) is 10.3 Å². The second-order valence-corrected chi connectivity index (χ2v) is 33.0. The van der Waals surface area contributed by atoms with Crippen molar-refractivity contribution < 1.29 is 127 Å². The summed E-state index contributed by atoms with van der Waals surface area (Å²) in [6.07, 6.45) is -17.3. The number of aromatic nitrogens is 2. The Bertz CT molecular complexity index is 5620. The highest BCUT2D eigenvalue weighted by Gasteiger charge is 2.52. The zero-order valence-corrected chi connectivity index (χ0v) is 71.8. The van der Waals surface area contributed by atoms with Crippen LogP contribution >= 0.6 is 46.4 Å². The molecule has 2 saturated heterocycles. The summed E-state index contributed by atoms with van der Waals surface area (Å²) in [5, 5.41) is 141. The van der Waals surface area contributed by atoms with E-state index in [0.29, 0.717) is 5.56 Å². The van der Waals surface area contributed by atoms with Crippen LogP contribution in [0.15, 0.2) is 114 Å². The number of rotatable bonds is 23. The number of nitrogens with two attached hydrogens (primary N) is 1. The van der Waals surface area contributed by atoms with Gasteiger partial charge in [-0.15, -0.1) is 0 Å². The lowest BCUT2D eigenvalue weighted by Gasteiger charge is -2.48. The number of hydroxylamine groups is 1. The van der Waals surface area contributed by atoms with E-state index in [1.165, 1.54) is 55.2 Å². The van der Waals surface area contributed by atoms with Crippen LogP contribution in [-0.4, -0.2) is 220 Å². The third-order valence-electron chi connectivity index (χ3n) is 21.7. The van der Waals surface area contributed by atoms with Gasteiger partial charge in [0, 0.05) is 48.4 Å². The predicted octanol–water partition coefficient (Wildman–Crippen LogP) is 1.04. The number of phenolic OH excluding ortho intramolecular Hbond substituents is 3. The number of carbonyl (C=O) groups is 10. The Morgan fingerprint density at radius 3 is 2.01 bits per heavy atom. The number of aliphatic hydroxyl groups is 6. The minimum atomic E-state index is -2.43. The number of hydrogen-bond acceptors (Lipinski definition) is 31. The Hall–Kier alpha value is -12.1. The van der Waals surface area contributed by atoms with E-state index in [4.69, 9.17) is 90.7 Å². The zero-order chi connectivity index (χ0) is 93.5. The van der Waals surface area contributed by atoms with Crippen LogP contribution in [0.3, 0.4) is 0 Å².